The first-order valence-electron chi connectivity index (χ1n) is 6.85. The Bertz CT molecular complexity index is 725. The average Bonchev–Trinajstić information content (AvgIpc) is 3.10. The second-order valence-electron chi connectivity index (χ2n) is 4.66. The zero-order chi connectivity index (χ0) is 16.1. The van der Waals surface area contributed by atoms with Crippen molar-refractivity contribution in [2.45, 2.75) is 6.54 Å². The van der Waals surface area contributed by atoms with Gasteiger partial charge in [0.25, 0.3) is 0 Å². The van der Waals surface area contributed by atoms with Gasteiger partial charge in [-0.1, -0.05) is 12.1 Å². The van der Waals surface area contributed by atoms with Crippen molar-refractivity contribution in [2.75, 3.05) is 10.6 Å². The predicted octanol–water partition coefficient (Wildman–Crippen LogP) is 3.30. The summed E-state index contributed by atoms with van der Waals surface area (Å²) in [6.07, 6.45) is 6.59. The van der Waals surface area contributed by atoms with E-state index in [0.29, 0.717) is 12.2 Å². The number of halogens is 1. The van der Waals surface area contributed by atoms with E-state index in [2.05, 4.69) is 20.3 Å². The van der Waals surface area contributed by atoms with Crippen molar-refractivity contribution in [2.24, 2.45) is 0 Å². The van der Waals surface area contributed by atoms with E-state index in [1.807, 2.05) is 12.1 Å². The second-order valence-corrected chi connectivity index (χ2v) is 5.47. The van der Waals surface area contributed by atoms with Gasteiger partial charge in [-0.3, -0.25) is 4.98 Å². The van der Waals surface area contributed by atoms with Crippen molar-refractivity contribution in [3.05, 3.63) is 66.5 Å². The number of pyridine rings is 1. The fourth-order valence-corrected chi connectivity index (χ4v) is 2.48. The topological polar surface area (TPSA) is 69.3 Å². The smallest absolute Gasteiger partial charge is 0.337 e. The van der Waals surface area contributed by atoms with Gasteiger partial charge >= 0.3 is 6.03 Å². The Morgan fingerprint density at radius 3 is 3.00 bits per heavy atom. The Morgan fingerprint density at radius 1 is 1.35 bits per heavy atom. The first-order chi connectivity index (χ1) is 11.2. The molecule has 6 nitrogen and oxygen atoms in total. The molecule has 0 aliphatic carbocycles. The maximum absolute atomic E-state index is 14.1. The summed E-state index contributed by atoms with van der Waals surface area (Å²) < 4.78 is 18.3. The number of anilines is 2. The molecule has 3 rings (SSSR count). The van der Waals surface area contributed by atoms with E-state index in [1.165, 1.54) is 10.4 Å². The molecule has 0 spiro atoms. The van der Waals surface area contributed by atoms with Crippen molar-refractivity contribution in [1.82, 2.24) is 14.0 Å². The van der Waals surface area contributed by atoms with Crippen LogP contribution < -0.4 is 15.4 Å². The summed E-state index contributed by atoms with van der Waals surface area (Å²) in [5.41, 5.74) is 1.53. The molecule has 23 heavy (non-hydrogen) atoms. The summed E-state index contributed by atoms with van der Waals surface area (Å²) in [6.45, 7) is 0.400. The Kier molecular flexibility index (Phi) is 4.62. The Hall–Kier alpha value is -2.74. The standard InChI is InChI=1S/C15H14FN5OS/c16-12-4-1-5-13(20-15(22)21-8-7-19-23-21)14(12)18-10-11-3-2-6-17-9-11/h1-9,18-19H,10H2,(H,20,22). The van der Waals surface area contributed by atoms with E-state index < -0.39 is 5.82 Å². The number of hydrogen-bond acceptors (Lipinski definition) is 5. The molecule has 2 heterocycles. The van der Waals surface area contributed by atoms with Gasteiger partial charge in [-0.2, -0.15) is 0 Å². The molecule has 0 atom stereocenters. The van der Waals surface area contributed by atoms with Gasteiger partial charge in [0.05, 0.1) is 23.5 Å². The van der Waals surface area contributed by atoms with Crippen LogP contribution in [-0.4, -0.2) is 15.3 Å². The Morgan fingerprint density at radius 2 is 2.26 bits per heavy atom. The zero-order valence-corrected chi connectivity index (χ0v) is 12.8. The third-order valence-electron chi connectivity index (χ3n) is 3.08. The fourth-order valence-electron chi connectivity index (χ4n) is 2.00. The monoisotopic (exact) mass is 331 g/mol. The average molecular weight is 331 g/mol. The van der Waals surface area contributed by atoms with Gasteiger partial charge in [0.1, 0.15) is 5.82 Å². The highest BCUT2D eigenvalue weighted by Crippen LogP contribution is 2.27. The van der Waals surface area contributed by atoms with Gasteiger partial charge in [-0.15, -0.1) is 0 Å². The Labute approximate surface area is 137 Å². The number of hydrogen-bond donors (Lipinski definition) is 3. The molecule has 1 aromatic carbocycles. The van der Waals surface area contributed by atoms with E-state index in [-0.39, 0.29) is 11.7 Å². The molecule has 3 N–H and O–H groups in total. The fraction of sp³-hybridized carbons (Fsp3) is 0.0667. The van der Waals surface area contributed by atoms with Gasteiger partial charge in [-0.05, 0) is 23.8 Å². The van der Waals surface area contributed by atoms with Crippen LogP contribution in [0, 0.1) is 5.82 Å². The summed E-state index contributed by atoms with van der Waals surface area (Å²) in [4.78, 5) is 16.1. The van der Waals surface area contributed by atoms with Gasteiger partial charge in [0.15, 0.2) is 0 Å². The highest BCUT2D eigenvalue weighted by molar-refractivity contribution is 7.96. The van der Waals surface area contributed by atoms with Crippen molar-refractivity contribution >= 4 is 29.5 Å². The number of carbonyl (C=O) groups is 1. The van der Waals surface area contributed by atoms with Crippen LogP contribution >= 0.6 is 12.1 Å². The number of urea groups is 1. The normalized spacial score (nSPS) is 12.8. The van der Waals surface area contributed by atoms with Crippen molar-refractivity contribution in [3.63, 3.8) is 0 Å². The lowest BCUT2D eigenvalue weighted by molar-refractivity contribution is 0.245. The molecule has 2 amide bonds. The van der Waals surface area contributed by atoms with Crippen LogP contribution in [0.5, 0.6) is 0 Å². The van der Waals surface area contributed by atoms with Crippen molar-refractivity contribution in [3.8, 4) is 0 Å². The molecule has 118 valence electrons. The van der Waals surface area contributed by atoms with E-state index >= 15 is 0 Å². The number of nitrogens with zero attached hydrogens (tertiary/aromatic N) is 2. The highest BCUT2D eigenvalue weighted by Gasteiger charge is 2.17. The number of benzene rings is 1. The predicted molar refractivity (Wildman–Crippen MR) is 88.7 cm³/mol. The largest absolute Gasteiger partial charge is 0.377 e. The number of rotatable bonds is 4. The maximum Gasteiger partial charge on any atom is 0.337 e. The highest BCUT2D eigenvalue weighted by atomic mass is 32.2. The van der Waals surface area contributed by atoms with Gasteiger partial charge in [0, 0.05) is 31.3 Å². The molecule has 1 aliphatic heterocycles. The lowest BCUT2D eigenvalue weighted by atomic mass is 10.2. The minimum atomic E-state index is -0.436. The van der Waals surface area contributed by atoms with Crippen LogP contribution in [0.15, 0.2) is 55.1 Å². The van der Waals surface area contributed by atoms with Crippen LogP contribution in [0.1, 0.15) is 5.56 Å². The first-order valence-corrected chi connectivity index (χ1v) is 7.62. The number of aromatic nitrogens is 1. The third kappa shape index (κ3) is 3.72. The Balaban J connectivity index is 1.74. The molecule has 0 radical (unpaired) electrons. The minimum Gasteiger partial charge on any atom is -0.377 e. The molecule has 8 heteroatoms. The molecule has 1 aromatic heterocycles. The van der Waals surface area contributed by atoms with Crippen LogP contribution in [0.2, 0.25) is 0 Å². The number of carbonyl (C=O) groups excluding carboxylic acids is 1. The molecular formula is C15H14FN5OS. The summed E-state index contributed by atoms with van der Waals surface area (Å²) >= 11 is 1.13. The van der Waals surface area contributed by atoms with E-state index in [9.17, 15) is 9.18 Å². The molecule has 0 bridgehead atoms. The molecule has 1 aliphatic rings. The number of amides is 2. The summed E-state index contributed by atoms with van der Waals surface area (Å²) in [6, 6.07) is 7.86. The summed E-state index contributed by atoms with van der Waals surface area (Å²) in [5, 5.41) is 5.69. The SMILES string of the molecule is O=C(Nc1cccc(F)c1NCc1cccnc1)N1C=CNS1. The first kappa shape index (κ1) is 15.2. The summed E-state index contributed by atoms with van der Waals surface area (Å²) in [5.74, 6) is -0.436. The van der Waals surface area contributed by atoms with E-state index in [4.69, 9.17) is 0 Å². The molecule has 0 fully saturated rings. The van der Waals surface area contributed by atoms with Crippen molar-refractivity contribution in [1.29, 1.82) is 0 Å². The molecule has 0 saturated heterocycles. The lowest BCUT2D eigenvalue weighted by Gasteiger charge is -2.16. The lowest BCUT2D eigenvalue weighted by Crippen LogP contribution is -2.24. The summed E-state index contributed by atoms with van der Waals surface area (Å²) in [7, 11) is 0. The van der Waals surface area contributed by atoms with E-state index in [0.717, 1.165) is 17.7 Å². The second kappa shape index (κ2) is 7.01. The molecule has 0 saturated carbocycles. The zero-order valence-electron chi connectivity index (χ0n) is 12.0. The van der Waals surface area contributed by atoms with E-state index in [1.54, 1.807) is 36.9 Å². The van der Waals surface area contributed by atoms with Gasteiger partial charge < -0.3 is 15.4 Å². The van der Waals surface area contributed by atoms with Crippen LogP contribution in [0.4, 0.5) is 20.6 Å². The van der Waals surface area contributed by atoms with Gasteiger partial charge in [-0.25, -0.2) is 13.5 Å². The quantitative estimate of drug-likeness (QED) is 0.750. The third-order valence-corrected chi connectivity index (χ3v) is 3.80. The maximum atomic E-state index is 14.1. The number of para-hydroxylation sites is 1. The minimum absolute atomic E-state index is 0.242. The van der Waals surface area contributed by atoms with Crippen LogP contribution in [0.25, 0.3) is 0 Å². The van der Waals surface area contributed by atoms with Crippen molar-refractivity contribution < 1.29 is 9.18 Å². The van der Waals surface area contributed by atoms with Crippen LogP contribution in [0.3, 0.4) is 0 Å². The number of nitrogens with one attached hydrogen (secondary N) is 3. The molecular weight excluding hydrogens is 317 g/mol. The molecule has 2 aromatic rings. The van der Waals surface area contributed by atoms with Gasteiger partial charge in [0.2, 0.25) is 0 Å². The van der Waals surface area contributed by atoms with Crippen LogP contribution in [-0.2, 0) is 6.54 Å². The molecule has 0 unspecified atom stereocenters.